The fourth-order valence-corrected chi connectivity index (χ4v) is 3.27. The van der Waals surface area contributed by atoms with Crippen molar-refractivity contribution in [2.24, 2.45) is 0 Å². The van der Waals surface area contributed by atoms with Crippen LogP contribution in [0.5, 0.6) is 0 Å². The fraction of sp³-hybridized carbons (Fsp3) is 0.571. The predicted octanol–water partition coefficient (Wildman–Crippen LogP) is 2.06. The summed E-state index contributed by atoms with van der Waals surface area (Å²) in [5.74, 6) is 0. The van der Waals surface area contributed by atoms with Crippen molar-refractivity contribution in [1.82, 2.24) is 4.72 Å². The lowest BCUT2D eigenvalue weighted by molar-refractivity contribution is 0.130. The molecule has 0 aliphatic heterocycles. The van der Waals surface area contributed by atoms with Crippen LogP contribution in [0.1, 0.15) is 31.7 Å². The molecule has 1 aromatic carbocycles. The van der Waals surface area contributed by atoms with Crippen LogP contribution < -0.4 is 10.5 Å². The summed E-state index contributed by atoms with van der Waals surface area (Å²) < 4.78 is 32.3. The Labute approximate surface area is 121 Å². The van der Waals surface area contributed by atoms with Gasteiger partial charge in [0.25, 0.3) is 0 Å². The fourth-order valence-electron chi connectivity index (χ4n) is 1.84. The first-order valence-electron chi connectivity index (χ1n) is 6.91. The van der Waals surface area contributed by atoms with Gasteiger partial charge in [0.1, 0.15) is 4.90 Å². The Morgan fingerprint density at radius 1 is 1.25 bits per heavy atom. The second kappa shape index (κ2) is 8.24. The molecule has 20 heavy (non-hydrogen) atoms. The van der Waals surface area contributed by atoms with Crippen molar-refractivity contribution < 1.29 is 13.2 Å². The molecule has 0 amide bonds. The van der Waals surface area contributed by atoms with Gasteiger partial charge >= 0.3 is 0 Å². The van der Waals surface area contributed by atoms with Crippen LogP contribution in [-0.4, -0.2) is 28.2 Å². The van der Waals surface area contributed by atoms with Gasteiger partial charge in [0.05, 0.1) is 5.69 Å². The number of unbranched alkanes of at least 4 members (excludes halogenated alkanes) is 1. The normalized spacial score (nSPS) is 11.7. The third kappa shape index (κ3) is 5.11. The molecule has 0 fully saturated rings. The molecule has 0 unspecified atom stereocenters. The Kier molecular flexibility index (Phi) is 6.98. The zero-order chi connectivity index (χ0) is 15.0. The van der Waals surface area contributed by atoms with E-state index in [4.69, 9.17) is 10.5 Å². The van der Waals surface area contributed by atoms with Crippen LogP contribution in [0.2, 0.25) is 0 Å². The number of nitrogens with one attached hydrogen (secondary N) is 1. The molecule has 5 nitrogen and oxygen atoms in total. The summed E-state index contributed by atoms with van der Waals surface area (Å²) in [6.45, 7) is 5.48. The van der Waals surface area contributed by atoms with E-state index in [0.29, 0.717) is 25.1 Å². The third-order valence-corrected chi connectivity index (χ3v) is 4.59. The Balaban J connectivity index is 2.46. The minimum absolute atomic E-state index is 0.173. The van der Waals surface area contributed by atoms with E-state index in [1.807, 2.05) is 0 Å². The molecule has 0 aromatic heterocycles. The number of nitrogens with two attached hydrogens (primary N) is 1. The van der Waals surface area contributed by atoms with Crippen molar-refractivity contribution in [3.05, 3.63) is 23.8 Å². The molecule has 0 aliphatic carbocycles. The zero-order valence-corrected chi connectivity index (χ0v) is 13.0. The molecule has 0 atom stereocenters. The number of hydrogen-bond acceptors (Lipinski definition) is 4. The monoisotopic (exact) mass is 300 g/mol. The molecule has 1 rings (SSSR count). The average Bonchev–Trinajstić information content (AvgIpc) is 2.37. The Bertz CT molecular complexity index is 495. The number of hydrogen-bond donors (Lipinski definition) is 2. The minimum Gasteiger partial charge on any atom is -0.398 e. The topological polar surface area (TPSA) is 81.4 Å². The summed E-state index contributed by atoms with van der Waals surface area (Å²) in [5, 5.41) is 0. The molecule has 6 heteroatoms. The van der Waals surface area contributed by atoms with Crippen LogP contribution in [0.3, 0.4) is 0 Å². The summed E-state index contributed by atoms with van der Waals surface area (Å²) in [6, 6.07) is 5.07. The standard InChI is InChI=1S/C14H24N2O3S/c1-3-4-10-19-11-6-9-16-20(17,18)14-12(2)7-5-8-13(14)15/h5,7-8,16H,3-4,6,9-11,15H2,1-2H3. The minimum atomic E-state index is -3.55. The van der Waals surface area contributed by atoms with Gasteiger partial charge in [0.15, 0.2) is 0 Å². The maximum Gasteiger partial charge on any atom is 0.242 e. The lowest BCUT2D eigenvalue weighted by Crippen LogP contribution is -2.27. The van der Waals surface area contributed by atoms with Gasteiger partial charge in [0, 0.05) is 19.8 Å². The van der Waals surface area contributed by atoms with E-state index in [1.54, 1.807) is 25.1 Å². The second-order valence-corrected chi connectivity index (χ2v) is 6.41. The van der Waals surface area contributed by atoms with E-state index >= 15 is 0 Å². The van der Waals surface area contributed by atoms with E-state index in [9.17, 15) is 8.42 Å². The number of sulfonamides is 1. The number of benzene rings is 1. The van der Waals surface area contributed by atoms with Crippen LogP contribution >= 0.6 is 0 Å². The lowest BCUT2D eigenvalue weighted by Gasteiger charge is -2.11. The molecule has 0 heterocycles. The van der Waals surface area contributed by atoms with E-state index in [0.717, 1.165) is 19.4 Å². The van der Waals surface area contributed by atoms with Gasteiger partial charge in [-0.3, -0.25) is 0 Å². The van der Waals surface area contributed by atoms with Gasteiger partial charge in [-0.1, -0.05) is 25.5 Å². The summed E-state index contributed by atoms with van der Waals surface area (Å²) in [5.41, 5.74) is 6.67. The summed E-state index contributed by atoms with van der Waals surface area (Å²) in [4.78, 5) is 0.173. The first-order chi connectivity index (χ1) is 9.49. The van der Waals surface area contributed by atoms with Crippen molar-refractivity contribution in [3.8, 4) is 0 Å². The highest BCUT2D eigenvalue weighted by Crippen LogP contribution is 2.21. The summed E-state index contributed by atoms with van der Waals surface area (Å²) in [7, 11) is -3.55. The third-order valence-electron chi connectivity index (χ3n) is 2.91. The van der Waals surface area contributed by atoms with Crippen molar-refractivity contribution >= 4 is 15.7 Å². The second-order valence-electron chi connectivity index (χ2n) is 4.71. The molecular weight excluding hydrogens is 276 g/mol. The highest BCUT2D eigenvalue weighted by molar-refractivity contribution is 7.89. The molecule has 0 saturated carbocycles. The van der Waals surface area contributed by atoms with Gasteiger partial charge in [-0.2, -0.15) is 0 Å². The van der Waals surface area contributed by atoms with Crippen LogP contribution in [0.15, 0.2) is 23.1 Å². The van der Waals surface area contributed by atoms with E-state index < -0.39 is 10.0 Å². The maximum atomic E-state index is 12.2. The SMILES string of the molecule is CCCCOCCCNS(=O)(=O)c1c(C)cccc1N. The Hall–Kier alpha value is -1.11. The average molecular weight is 300 g/mol. The molecule has 0 aliphatic rings. The molecule has 0 bridgehead atoms. The predicted molar refractivity (Wildman–Crippen MR) is 81.1 cm³/mol. The van der Waals surface area contributed by atoms with Gasteiger partial charge in [-0.25, -0.2) is 13.1 Å². The first-order valence-corrected chi connectivity index (χ1v) is 8.40. The Morgan fingerprint density at radius 2 is 1.95 bits per heavy atom. The molecule has 1 aromatic rings. The van der Waals surface area contributed by atoms with Crippen molar-refractivity contribution in [1.29, 1.82) is 0 Å². The van der Waals surface area contributed by atoms with Crippen molar-refractivity contribution in [3.63, 3.8) is 0 Å². The van der Waals surface area contributed by atoms with Gasteiger partial charge < -0.3 is 10.5 Å². The van der Waals surface area contributed by atoms with Crippen LogP contribution in [0.4, 0.5) is 5.69 Å². The molecule has 0 radical (unpaired) electrons. The van der Waals surface area contributed by atoms with Gasteiger partial charge in [-0.15, -0.1) is 0 Å². The smallest absolute Gasteiger partial charge is 0.242 e. The lowest BCUT2D eigenvalue weighted by atomic mass is 10.2. The first kappa shape index (κ1) is 16.9. The van der Waals surface area contributed by atoms with Crippen LogP contribution in [-0.2, 0) is 14.8 Å². The molecule has 114 valence electrons. The molecular formula is C14H24N2O3S. The number of rotatable bonds is 9. The van der Waals surface area contributed by atoms with Gasteiger partial charge in [-0.05, 0) is 31.4 Å². The summed E-state index contributed by atoms with van der Waals surface area (Å²) >= 11 is 0. The zero-order valence-electron chi connectivity index (χ0n) is 12.2. The molecule has 0 spiro atoms. The van der Waals surface area contributed by atoms with Crippen LogP contribution in [0.25, 0.3) is 0 Å². The Morgan fingerprint density at radius 3 is 2.60 bits per heavy atom. The molecule has 3 N–H and O–H groups in total. The number of aryl methyl sites for hydroxylation is 1. The van der Waals surface area contributed by atoms with Crippen molar-refractivity contribution in [2.45, 2.75) is 38.0 Å². The van der Waals surface area contributed by atoms with Gasteiger partial charge in [0.2, 0.25) is 10.0 Å². The summed E-state index contributed by atoms with van der Waals surface area (Å²) in [6.07, 6.45) is 2.78. The van der Waals surface area contributed by atoms with E-state index in [-0.39, 0.29) is 10.6 Å². The van der Waals surface area contributed by atoms with Crippen LogP contribution in [0, 0.1) is 6.92 Å². The number of ether oxygens (including phenoxy) is 1. The highest BCUT2D eigenvalue weighted by Gasteiger charge is 2.18. The highest BCUT2D eigenvalue weighted by atomic mass is 32.2. The van der Waals surface area contributed by atoms with E-state index in [1.165, 1.54) is 0 Å². The van der Waals surface area contributed by atoms with E-state index in [2.05, 4.69) is 11.6 Å². The van der Waals surface area contributed by atoms with Crippen molar-refractivity contribution in [2.75, 3.05) is 25.5 Å². The number of anilines is 1. The number of nitrogen functional groups attached to an aromatic ring is 1. The largest absolute Gasteiger partial charge is 0.398 e. The maximum absolute atomic E-state index is 12.2. The quantitative estimate of drug-likeness (QED) is 0.540. The molecule has 0 saturated heterocycles.